The third kappa shape index (κ3) is 4.07. The molecule has 7 nitrogen and oxygen atoms in total. The second-order valence-corrected chi connectivity index (χ2v) is 7.00. The number of carbonyl (C=O) groups excluding carboxylic acids is 1. The highest BCUT2D eigenvalue weighted by atomic mass is 16.2. The van der Waals surface area contributed by atoms with E-state index in [1.54, 1.807) is 7.05 Å². The van der Waals surface area contributed by atoms with Gasteiger partial charge in [-0.2, -0.15) is 0 Å². The first kappa shape index (κ1) is 18.3. The lowest BCUT2D eigenvalue weighted by molar-refractivity contribution is -0.125. The average molecular weight is 336 g/mol. The molecule has 24 heavy (non-hydrogen) atoms. The molecule has 7 heteroatoms. The van der Waals surface area contributed by atoms with Gasteiger partial charge in [-0.3, -0.25) is 18.7 Å². The normalized spacial score (nSPS) is 18.0. The summed E-state index contributed by atoms with van der Waals surface area (Å²) in [5, 5.41) is 3.00. The number of hydrogen-bond donors (Lipinski definition) is 1. The molecule has 0 saturated carbocycles. The predicted octanol–water partition coefficient (Wildman–Crippen LogP) is 0.463. The van der Waals surface area contributed by atoms with E-state index in [0.29, 0.717) is 24.8 Å². The number of carbonyl (C=O) groups is 1. The van der Waals surface area contributed by atoms with Gasteiger partial charge in [0, 0.05) is 39.8 Å². The van der Waals surface area contributed by atoms with E-state index < -0.39 is 0 Å². The van der Waals surface area contributed by atoms with Crippen LogP contribution in [0.15, 0.2) is 15.7 Å². The van der Waals surface area contributed by atoms with Gasteiger partial charge in [0.25, 0.3) is 5.56 Å². The molecule has 1 amide bonds. The molecule has 0 spiro atoms. The van der Waals surface area contributed by atoms with Crippen LogP contribution in [0.3, 0.4) is 0 Å². The smallest absolute Gasteiger partial charge is 0.332 e. The van der Waals surface area contributed by atoms with Gasteiger partial charge < -0.3 is 10.2 Å². The van der Waals surface area contributed by atoms with Crippen molar-refractivity contribution in [2.75, 3.05) is 24.5 Å². The van der Waals surface area contributed by atoms with Crippen LogP contribution in [0.1, 0.15) is 33.1 Å². The Bertz CT molecular complexity index is 705. The van der Waals surface area contributed by atoms with Crippen LogP contribution in [0.25, 0.3) is 0 Å². The Balaban J connectivity index is 2.10. The third-order valence-electron chi connectivity index (χ3n) is 4.64. The Labute approximate surface area is 142 Å². The van der Waals surface area contributed by atoms with Crippen LogP contribution < -0.4 is 21.5 Å². The van der Waals surface area contributed by atoms with Gasteiger partial charge in [0.15, 0.2) is 0 Å². The van der Waals surface area contributed by atoms with Crippen LogP contribution in [0.5, 0.6) is 0 Å². The third-order valence-corrected chi connectivity index (χ3v) is 4.64. The van der Waals surface area contributed by atoms with Crippen LogP contribution in [-0.4, -0.2) is 34.7 Å². The largest absolute Gasteiger partial charge is 0.357 e. The highest BCUT2D eigenvalue weighted by Crippen LogP contribution is 2.21. The van der Waals surface area contributed by atoms with Gasteiger partial charge >= 0.3 is 5.69 Å². The second kappa shape index (κ2) is 7.68. The van der Waals surface area contributed by atoms with Gasteiger partial charge in [-0.15, -0.1) is 0 Å². The highest BCUT2D eigenvalue weighted by molar-refractivity contribution is 5.79. The van der Waals surface area contributed by atoms with E-state index >= 15 is 0 Å². The molecule has 1 saturated heterocycles. The molecule has 0 unspecified atom stereocenters. The van der Waals surface area contributed by atoms with Gasteiger partial charge in [0.2, 0.25) is 5.91 Å². The van der Waals surface area contributed by atoms with E-state index in [-0.39, 0.29) is 23.1 Å². The van der Waals surface area contributed by atoms with Crippen LogP contribution >= 0.6 is 0 Å². The molecule has 1 aliphatic rings. The van der Waals surface area contributed by atoms with Crippen molar-refractivity contribution in [3.05, 3.63) is 26.9 Å². The van der Waals surface area contributed by atoms with Crippen molar-refractivity contribution in [2.45, 2.75) is 33.1 Å². The van der Waals surface area contributed by atoms with Crippen LogP contribution in [0, 0.1) is 11.8 Å². The van der Waals surface area contributed by atoms with Crippen molar-refractivity contribution in [1.29, 1.82) is 0 Å². The Morgan fingerprint density at radius 1 is 1.29 bits per heavy atom. The van der Waals surface area contributed by atoms with Crippen molar-refractivity contribution < 1.29 is 4.79 Å². The zero-order chi connectivity index (χ0) is 17.9. The van der Waals surface area contributed by atoms with Crippen LogP contribution in [-0.2, 0) is 18.9 Å². The van der Waals surface area contributed by atoms with Gasteiger partial charge in [0.05, 0.1) is 5.92 Å². The summed E-state index contributed by atoms with van der Waals surface area (Å²) in [7, 11) is 3.12. The number of piperidine rings is 1. The van der Waals surface area contributed by atoms with Gasteiger partial charge in [-0.25, -0.2) is 4.79 Å². The topological polar surface area (TPSA) is 76.3 Å². The van der Waals surface area contributed by atoms with Crippen LogP contribution in [0.4, 0.5) is 5.82 Å². The SMILES string of the molecule is CC(C)CCNC(=O)[C@@H]1CCCN(c2cc(=O)n(C)c(=O)n2C)C1. The molecule has 1 aromatic heterocycles. The number of nitrogens with zero attached hydrogens (tertiary/aromatic N) is 3. The fraction of sp³-hybridized carbons (Fsp3) is 0.706. The minimum absolute atomic E-state index is 0.0641. The van der Waals surface area contributed by atoms with E-state index in [1.807, 2.05) is 4.90 Å². The molecule has 1 aliphatic heterocycles. The highest BCUT2D eigenvalue weighted by Gasteiger charge is 2.27. The first-order valence-electron chi connectivity index (χ1n) is 8.61. The minimum atomic E-state index is -0.346. The van der Waals surface area contributed by atoms with E-state index in [0.717, 1.165) is 30.4 Å². The summed E-state index contributed by atoms with van der Waals surface area (Å²) in [6.45, 7) is 6.23. The van der Waals surface area contributed by atoms with Crippen molar-refractivity contribution in [3.63, 3.8) is 0 Å². The standard InChI is InChI=1S/C17H28N4O3/c1-12(2)7-8-18-16(23)13-6-5-9-21(11-13)14-10-15(22)20(4)17(24)19(14)3/h10,12-13H,5-9,11H2,1-4H3,(H,18,23)/t13-/m1/s1. The monoisotopic (exact) mass is 336 g/mol. The molecule has 1 N–H and O–H groups in total. The maximum atomic E-state index is 12.4. The van der Waals surface area contributed by atoms with E-state index in [4.69, 9.17) is 0 Å². The van der Waals surface area contributed by atoms with E-state index in [1.165, 1.54) is 17.7 Å². The molecule has 0 bridgehead atoms. The van der Waals surface area contributed by atoms with Crippen molar-refractivity contribution in [3.8, 4) is 0 Å². The Hall–Kier alpha value is -2.05. The second-order valence-electron chi connectivity index (χ2n) is 7.00. The molecule has 0 radical (unpaired) electrons. The van der Waals surface area contributed by atoms with Crippen molar-refractivity contribution in [1.82, 2.24) is 14.5 Å². The number of amides is 1. The predicted molar refractivity (Wildman–Crippen MR) is 94.3 cm³/mol. The summed E-state index contributed by atoms with van der Waals surface area (Å²) in [5.41, 5.74) is -0.669. The fourth-order valence-electron chi connectivity index (χ4n) is 3.05. The number of anilines is 1. The van der Waals surface area contributed by atoms with E-state index in [9.17, 15) is 14.4 Å². The number of nitrogens with one attached hydrogen (secondary N) is 1. The maximum absolute atomic E-state index is 12.4. The first-order chi connectivity index (χ1) is 11.3. The summed E-state index contributed by atoms with van der Waals surface area (Å²) in [6, 6.07) is 1.47. The quantitative estimate of drug-likeness (QED) is 0.848. The van der Waals surface area contributed by atoms with Gasteiger partial charge in [-0.05, 0) is 25.2 Å². The number of hydrogen-bond acceptors (Lipinski definition) is 4. The van der Waals surface area contributed by atoms with Gasteiger partial charge in [-0.1, -0.05) is 13.8 Å². The molecular weight excluding hydrogens is 308 g/mol. The maximum Gasteiger partial charge on any atom is 0.332 e. The van der Waals surface area contributed by atoms with Crippen molar-refractivity contribution in [2.24, 2.45) is 25.9 Å². The Kier molecular flexibility index (Phi) is 5.85. The molecule has 0 aromatic carbocycles. The number of aromatic nitrogens is 2. The summed E-state index contributed by atoms with van der Waals surface area (Å²) < 4.78 is 2.56. The summed E-state index contributed by atoms with van der Waals surface area (Å²) in [6.07, 6.45) is 2.67. The lowest BCUT2D eigenvalue weighted by Gasteiger charge is -2.34. The molecule has 2 heterocycles. The Morgan fingerprint density at radius 2 is 2.00 bits per heavy atom. The molecule has 0 aliphatic carbocycles. The van der Waals surface area contributed by atoms with Crippen LogP contribution in [0.2, 0.25) is 0 Å². The molecule has 134 valence electrons. The van der Waals surface area contributed by atoms with E-state index in [2.05, 4.69) is 19.2 Å². The molecular formula is C17H28N4O3. The first-order valence-corrected chi connectivity index (χ1v) is 8.61. The fourth-order valence-corrected chi connectivity index (χ4v) is 3.05. The zero-order valence-corrected chi connectivity index (χ0v) is 15.0. The van der Waals surface area contributed by atoms with Crippen molar-refractivity contribution >= 4 is 11.7 Å². The lowest BCUT2D eigenvalue weighted by atomic mass is 9.97. The summed E-state index contributed by atoms with van der Waals surface area (Å²) >= 11 is 0. The minimum Gasteiger partial charge on any atom is -0.357 e. The molecule has 1 atom stereocenters. The zero-order valence-electron chi connectivity index (χ0n) is 15.0. The summed E-state index contributed by atoms with van der Waals surface area (Å²) in [5.74, 6) is 1.10. The molecule has 1 aromatic rings. The molecule has 2 rings (SSSR count). The summed E-state index contributed by atoms with van der Waals surface area (Å²) in [4.78, 5) is 38.3. The van der Waals surface area contributed by atoms with Gasteiger partial charge in [0.1, 0.15) is 5.82 Å². The molecule has 1 fully saturated rings. The number of rotatable bonds is 5. The Morgan fingerprint density at radius 3 is 2.67 bits per heavy atom. The average Bonchev–Trinajstić information content (AvgIpc) is 2.56. The lowest BCUT2D eigenvalue weighted by Crippen LogP contribution is -2.46.